The van der Waals surface area contributed by atoms with Crippen molar-refractivity contribution >= 4 is 17.0 Å². The van der Waals surface area contributed by atoms with E-state index in [2.05, 4.69) is 30.1 Å². The van der Waals surface area contributed by atoms with Crippen LogP contribution in [-0.2, 0) is 17.6 Å². The van der Waals surface area contributed by atoms with Crippen molar-refractivity contribution in [2.45, 2.75) is 52.5 Å². The Labute approximate surface area is 213 Å². The third-order valence-corrected chi connectivity index (χ3v) is 7.39. The van der Waals surface area contributed by atoms with Gasteiger partial charge in [-0.1, -0.05) is 38.5 Å². The summed E-state index contributed by atoms with van der Waals surface area (Å²) in [5, 5.41) is 20.6. The Morgan fingerprint density at radius 3 is 2.50 bits per heavy atom. The van der Waals surface area contributed by atoms with E-state index in [1.807, 2.05) is 38.1 Å². The second-order valence-electron chi connectivity index (χ2n) is 9.72. The Kier molecular flexibility index (Phi) is 8.21. The largest absolute Gasteiger partial charge is 0.493 e. The van der Waals surface area contributed by atoms with Crippen molar-refractivity contribution < 1.29 is 24.5 Å². The molecule has 0 aliphatic carbocycles. The summed E-state index contributed by atoms with van der Waals surface area (Å²) in [4.78, 5) is 18.3. The molecule has 2 aromatic carbocycles. The molecule has 1 aromatic heterocycles. The van der Waals surface area contributed by atoms with Crippen molar-refractivity contribution in [1.82, 2.24) is 9.88 Å². The number of aliphatic hydroxyl groups is 2. The number of nitrogens with zero attached hydrogens (tertiary/aromatic N) is 1. The zero-order valence-corrected chi connectivity index (χ0v) is 21.5. The number of ether oxygens (including phenoxy) is 2. The Balaban J connectivity index is 1.68. The zero-order valence-electron chi connectivity index (χ0n) is 21.5. The standard InChI is InChI=1S/C29H38N2O5/c1-4-7-20-8-13-25-24(16-20)23-14-15-31(28(34)35-6-3)27(26(23)30-25)21-9-11-22(12-10-21)36-19-29(5-2,17-32)18-33/h8-13,16,27,30,32-33H,4-7,14-15,17-19H2,1-3H3/t27-/m0/s1. The van der Waals surface area contributed by atoms with E-state index in [1.165, 1.54) is 16.5 Å². The Morgan fingerprint density at radius 1 is 1.11 bits per heavy atom. The molecule has 1 aliphatic rings. The smallest absolute Gasteiger partial charge is 0.410 e. The monoisotopic (exact) mass is 494 g/mol. The number of aromatic amines is 1. The first-order valence-corrected chi connectivity index (χ1v) is 13.0. The molecular formula is C29H38N2O5. The van der Waals surface area contributed by atoms with Gasteiger partial charge in [-0.2, -0.15) is 0 Å². The Morgan fingerprint density at radius 2 is 1.86 bits per heavy atom. The average Bonchev–Trinajstić information content (AvgIpc) is 3.28. The summed E-state index contributed by atoms with van der Waals surface area (Å²) < 4.78 is 11.3. The van der Waals surface area contributed by atoms with E-state index in [1.54, 1.807) is 4.90 Å². The van der Waals surface area contributed by atoms with E-state index in [0.717, 1.165) is 36.0 Å². The third-order valence-electron chi connectivity index (χ3n) is 7.39. The summed E-state index contributed by atoms with van der Waals surface area (Å²) in [6.45, 7) is 6.77. The normalized spacial score (nSPS) is 15.7. The lowest BCUT2D eigenvalue weighted by Crippen LogP contribution is -2.41. The van der Waals surface area contributed by atoms with Crippen molar-refractivity contribution in [2.24, 2.45) is 5.41 Å². The van der Waals surface area contributed by atoms with Crippen molar-refractivity contribution in [1.29, 1.82) is 0 Å². The molecule has 0 saturated carbocycles. The van der Waals surface area contributed by atoms with Gasteiger partial charge in [0.15, 0.2) is 0 Å². The molecule has 36 heavy (non-hydrogen) atoms. The number of hydrogen-bond donors (Lipinski definition) is 3. The molecule has 3 aromatic rings. The number of benzene rings is 2. The quantitative estimate of drug-likeness (QED) is 0.369. The highest BCUT2D eigenvalue weighted by atomic mass is 16.6. The lowest BCUT2D eigenvalue weighted by atomic mass is 9.88. The fourth-order valence-electron chi connectivity index (χ4n) is 4.98. The average molecular weight is 495 g/mol. The lowest BCUT2D eigenvalue weighted by molar-refractivity contribution is 0.0114. The maximum Gasteiger partial charge on any atom is 0.410 e. The number of aliphatic hydroxyl groups excluding tert-OH is 2. The van der Waals surface area contributed by atoms with Crippen LogP contribution in [0.3, 0.4) is 0 Å². The molecule has 194 valence electrons. The minimum Gasteiger partial charge on any atom is -0.493 e. The lowest BCUT2D eigenvalue weighted by Gasteiger charge is -2.35. The molecule has 0 spiro atoms. The molecule has 0 bridgehead atoms. The Hall–Kier alpha value is -3.03. The predicted molar refractivity (Wildman–Crippen MR) is 140 cm³/mol. The van der Waals surface area contributed by atoms with Crippen LogP contribution in [0.4, 0.5) is 4.79 Å². The van der Waals surface area contributed by atoms with Gasteiger partial charge in [0.1, 0.15) is 11.8 Å². The summed E-state index contributed by atoms with van der Waals surface area (Å²) in [5.41, 5.74) is 4.98. The number of hydrogen-bond acceptors (Lipinski definition) is 5. The number of aryl methyl sites for hydroxylation is 1. The van der Waals surface area contributed by atoms with Crippen LogP contribution in [0.15, 0.2) is 42.5 Å². The first-order valence-electron chi connectivity index (χ1n) is 13.0. The summed E-state index contributed by atoms with van der Waals surface area (Å²) in [6.07, 6.45) is 3.20. The second-order valence-corrected chi connectivity index (χ2v) is 9.72. The number of nitrogens with one attached hydrogen (secondary N) is 1. The van der Waals surface area contributed by atoms with Crippen molar-refractivity contribution in [2.75, 3.05) is 33.0 Å². The SMILES string of the molecule is CCCc1ccc2[nH]c3c(c2c1)CCN(C(=O)OCC)[C@H]3c1ccc(OCC(CC)(CO)CO)cc1. The zero-order chi connectivity index (χ0) is 25.7. The highest BCUT2D eigenvalue weighted by molar-refractivity contribution is 5.86. The number of carbonyl (C=O) groups excluding carboxylic acids is 1. The number of rotatable bonds is 10. The van der Waals surface area contributed by atoms with Crippen LogP contribution in [0.5, 0.6) is 5.75 Å². The topological polar surface area (TPSA) is 95.0 Å². The number of aromatic nitrogens is 1. The Bertz CT molecular complexity index is 1160. The highest BCUT2D eigenvalue weighted by Gasteiger charge is 2.35. The van der Waals surface area contributed by atoms with Crippen molar-refractivity contribution in [3.8, 4) is 5.75 Å². The van der Waals surface area contributed by atoms with Crippen LogP contribution in [0.25, 0.3) is 10.9 Å². The maximum atomic E-state index is 12.9. The molecule has 1 atom stereocenters. The summed E-state index contributed by atoms with van der Waals surface area (Å²) in [5.74, 6) is 0.651. The van der Waals surface area contributed by atoms with Gasteiger partial charge in [0.05, 0.1) is 31.8 Å². The first-order chi connectivity index (χ1) is 17.5. The van der Waals surface area contributed by atoms with Gasteiger partial charge in [-0.3, -0.25) is 4.90 Å². The first kappa shape index (κ1) is 26.0. The second kappa shape index (κ2) is 11.4. The molecule has 4 rings (SSSR count). The minimum atomic E-state index is -0.668. The summed E-state index contributed by atoms with van der Waals surface area (Å²) in [6, 6.07) is 14.0. The van der Waals surface area contributed by atoms with Crippen molar-refractivity contribution in [3.05, 3.63) is 64.8 Å². The van der Waals surface area contributed by atoms with E-state index in [-0.39, 0.29) is 32.0 Å². The van der Waals surface area contributed by atoms with Crippen molar-refractivity contribution in [3.63, 3.8) is 0 Å². The molecule has 2 heterocycles. The molecule has 1 aliphatic heterocycles. The molecule has 0 saturated heterocycles. The maximum absolute atomic E-state index is 12.9. The molecule has 0 fully saturated rings. The number of H-pyrrole nitrogens is 1. The van der Waals surface area contributed by atoms with Gasteiger partial charge in [-0.05, 0) is 67.1 Å². The van der Waals surface area contributed by atoms with E-state index < -0.39 is 5.41 Å². The summed E-state index contributed by atoms with van der Waals surface area (Å²) in [7, 11) is 0. The molecule has 0 radical (unpaired) electrons. The van der Waals surface area contributed by atoms with Crippen LogP contribution < -0.4 is 4.74 Å². The number of amides is 1. The van der Waals surface area contributed by atoms with E-state index in [0.29, 0.717) is 25.3 Å². The molecule has 1 amide bonds. The fourth-order valence-corrected chi connectivity index (χ4v) is 4.98. The van der Waals surface area contributed by atoms with Gasteiger partial charge < -0.3 is 24.7 Å². The fraction of sp³-hybridized carbons (Fsp3) is 0.483. The molecule has 7 heteroatoms. The summed E-state index contributed by atoms with van der Waals surface area (Å²) >= 11 is 0. The van der Waals surface area contributed by atoms with E-state index in [4.69, 9.17) is 9.47 Å². The number of carbonyl (C=O) groups is 1. The van der Waals surface area contributed by atoms with Gasteiger partial charge in [0.25, 0.3) is 0 Å². The van der Waals surface area contributed by atoms with E-state index in [9.17, 15) is 15.0 Å². The van der Waals surface area contributed by atoms with Crippen LogP contribution in [0.1, 0.15) is 62.0 Å². The van der Waals surface area contributed by atoms with Crippen LogP contribution in [0, 0.1) is 5.41 Å². The van der Waals surface area contributed by atoms with Crippen LogP contribution in [0.2, 0.25) is 0 Å². The van der Waals surface area contributed by atoms with Crippen LogP contribution in [-0.4, -0.2) is 59.2 Å². The third kappa shape index (κ3) is 5.08. The number of fused-ring (bicyclic) bond motifs is 3. The van der Waals surface area contributed by atoms with E-state index >= 15 is 0 Å². The predicted octanol–water partition coefficient (Wildman–Crippen LogP) is 4.98. The molecular weight excluding hydrogens is 456 g/mol. The van der Waals surface area contributed by atoms with Gasteiger partial charge >= 0.3 is 6.09 Å². The van der Waals surface area contributed by atoms with Gasteiger partial charge in [-0.15, -0.1) is 0 Å². The molecule has 3 N–H and O–H groups in total. The van der Waals surface area contributed by atoms with Gasteiger partial charge in [0.2, 0.25) is 0 Å². The van der Waals surface area contributed by atoms with Gasteiger partial charge in [0, 0.05) is 23.1 Å². The highest BCUT2D eigenvalue weighted by Crippen LogP contribution is 2.39. The van der Waals surface area contributed by atoms with Gasteiger partial charge in [-0.25, -0.2) is 4.79 Å². The molecule has 0 unspecified atom stereocenters. The minimum absolute atomic E-state index is 0.141. The van der Waals surface area contributed by atoms with Crippen LogP contribution >= 0.6 is 0 Å². The molecule has 7 nitrogen and oxygen atoms in total.